The van der Waals surface area contributed by atoms with Crippen molar-refractivity contribution >= 4 is 17.6 Å². The highest BCUT2D eigenvalue weighted by molar-refractivity contribution is 6.33. The number of nitrogens with zero attached hydrogens (tertiary/aromatic N) is 2. The molecule has 8 heteroatoms. The van der Waals surface area contributed by atoms with Crippen LogP contribution in [0.25, 0.3) is 0 Å². The summed E-state index contributed by atoms with van der Waals surface area (Å²) in [5.74, 6) is 0. The van der Waals surface area contributed by atoms with Crippen molar-refractivity contribution in [2.24, 2.45) is 5.16 Å². The fourth-order valence-electron chi connectivity index (χ4n) is 3.34. The van der Waals surface area contributed by atoms with E-state index in [2.05, 4.69) is 59.1 Å². The molecule has 0 radical (unpaired) electrons. The Bertz CT molecular complexity index is 812. The second-order valence-corrected chi connectivity index (χ2v) is 6.83. The first-order chi connectivity index (χ1) is 12.2. The summed E-state index contributed by atoms with van der Waals surface area (Å²) in [7, 11) is -2.92. The number of halogens is 1. The van der Waals surface area contributed by atoms with Crippen LogP contribution in [0.15, 0.2) is 59.8 Å². The van der Waals surface area contributed by atoms with E-state index in [4.69, 9.17) is 23.8 Å². The van der Waals surface area contributed by atoms with Gasteiger partial charge in [-0.3, -0.25) is 0 Å². The third-order valence-electron chi connectivity index (χ3n) is 4.37. The first-order valence-corrected chi connectivity index (χ1v) is 8.94. The molecule has 1 heterocycles. The Labute approximate surface area is 153 Å². The quantitative estimate of drug-likeness (QED) is 0.304. The summed E-state index contributed by atoms with van der Waals surface area (Å²) in [6.07, 6.45) is 2.43. The van der Waals surface area contributed by atoms with E-state index in [1.165, 1.54) is 16.8 Å². The molecule has 1 aliphatic heterocycles. The summed E-state index contributed by atoms with van der Waals surface area (Å²) >= 11 is 0. The zero-order chi connectivity index (χ0) is 19.4. The third kappa shape index (κ3) is 4.66. The molecule has 2 aromatic rings. The van der Waals surface area contributed by atoms with Crippen molar-refractivity contribution in [2.75, 3.05) is 7.05 Å². The van der Waals surface area contributed by atoms with Crippen LogP contribution in [0.5, 0.6) is 0 Å². The van der Waals surface area contributed by atoms with E-state index in [1.807, 2.05) is 19.2 Å². The summed E-state index contributed by atoms with van der Waals surface area (Å²) in [5.41, 5.74) is 4.53. The van der Waals surface area contributed by atoms with Crippen LogP contribution < -0.4 is 18.6 Å². The smallest absolute Gasteiger partial charge is 0.214 e. The topological polar surface area (TPSA) is 128 Å². The monoisotopic (exact) mass is 378 g/mol. The third-order valence-corrected chi connectivity index (χ3v) is 4.37. The Morgan fingerprint density at radius 1 is 1.04 bits per heavy atom. The van der Waals surface area contributed by atoms with Gasteiger partial charge in [0.05, 0.1) is 5.41 Å². The maximum Gasteiger partial charge on any atom is 0.214 e. The van der Waals surface area contributed by atoms with E-state index in [0.717, 1.165) is 12.1 Å². The second kappa shape index (κ2) is 7.94. The first-order valence-electron chi connectivity index (χ1n) is 7.70. The van der Waals surface area contributed by atoms with Crippen LogP contribution in [0.4, 0.5) is 5.69 Å². The number of fused-ring (bicyclic) bond motifs is 1. The molecule has 1 aliphatic rings. The average Bonchev–Trinajstić information content (AvgIpc) is 2.77. The van der Waals surface area contributed by atoms with E-state index < -0.39 is 10.2 Å². The molecule has 1 N–H and O–H groups in total. The van der Waals surface area contributed by atoms with E-state index in [1.54, 1.807) is 6.21 Å². The van der Waals surface area contributed by atoms with Gasteiger partial charge in [0.2, 0.25) is 11.4 Å². The minimum atomic E-state index is -4.94. The molecule has 0 fully saturated rings. The fourth-order valence-corrected chi connectivity index (χ4v) is 3.34. The Morgan fingerprint density at radius 2 is 1.58 bits per heavy atom. The van der Waals surface area contributed by atoms with Crippen LogP contribution in [-0.2, 0) is 11.8 Å². The number of para-hydroxylation sites is 1. The lowest BCUT2D eigenvalue weighted by molar-refractivity contribution is -2.00. The molecule has 0 saturated carbocycles. The Balaban J connectivity index is 0.000000431. The predicted octanol–water partition coefficient (Wildman–Crippen LogP) is -1.38. The minimum absolute atomic E-state index is 0.196. The lowest BCUT2D eigenvalue weighted by atomic mass is 9.75. The van der Waals surface area contributed by atoms with Crippen LogP contribution in [0.3, 0.4) is 0 Å². The van der Waals surface area contributed by atoms with E-state index in [0.29, 0.717) is 0 Å². The van der Waals surface area contributed by atoms with Crippen LogP contribution in [-0.4, -0.2) is 28.8 Å². The Kier molecular flexibility index (Phi) is 6.12. The van der Waals surface area contributed by atoms with Gasteiger partial charge in [0.1, 0.15) is 13.3 Å². The van der Waals surface area contributed by atoms with Crippen molar-refractivity contribution in [1.82, 2.24) is 0 Å². The molecule has 7 nitrogen and oxygen atoms in total. The van der Waals surface area contributed by atoms with Crippen LogP contribution in [0.2, 0.25) is 0 Å². The number of benzene rings is 2. The largest absolute Gasteiger partial charge is 0.411 e. The van der Waals surface area contributed by atoms with Gasteiger partial charge in [0.15, 0.2) is 0 Å². The van der Waals surface area contributed by atoms with Gasteiger partial charge in [-0.15, -0.1) is 10.2 Å². The molecule has 138 valence electrons. The summed E-state index contributed by atoms with van der Waals surface area (Å²) < 4.78 is 36.1. The normalized spacial score (nSPS) is 19.3. The van der Waals surface area contributed by atoms with Gasteiger partial charge in [0, 0.05) is 11.6 Å². The van der Waals surface area contributed by atoms with Gasteiger partial charge in [-0.2, -0.15) is 4.58 Å². The molecule has 0 aromatic heterocycles. The van der Waals surface area contributed by atoms with E-state index >= 15 is 0 Å². The zero-order valence-electron chi connectivity index (χ0n) is 14.3. The summed E-state index contributed by atoms with van der Waals surface area (Å²) in [4.78, 5) is 0. The summed E-state index contributed by atoms with van der Waals surface area (Å²) in [6, 6.07) is 18.8. The SMILES string of the molecule is C[N+]1=C(C=NO)C(C)(Cc2ccccc2)c2ccccc21.[O-][Cl+3]([O-])([O-])[O-]. The summed E-state index contributed by atoms with van der Waals surface area (Å²) in [6.45, 7) is 2.21. The molecule has 1 atom stereocenters. The lowest BCUT2D eigenvalue weighted by Crippen LogP contribution is -2.68. The van der Waals surface area contributed by atoms with E-state index in [9.17, 15) is 0 Å². The molecule has 0 bridgehead atoms. The molecular formula is C18H19ClN2O5. The molecule has 1 unspecified atom stereocenters. The van der Waals surface area contributed by atoms with Crippen molar-refractivity contribution in [1.29, 1.82) is 0 Å². The highest BCUT2D eigenvalue weighted by atomic mass is 35.7. The van der Waals surface area contributed by atoms with Crippen molar-refractivity contribution in [3.63, 3.8) is 0 Å². The Hall–Kier alpha value is -2.29. The second-order valence-electron chi connectivity index (χ2n) is 6.08. The van der Waals surface area contributed by atoms with Crippen LogP contribution >= 0.6 is 0 Å². The van der Waals surface area contributed by atoms with Crippen LogP contribution in [0.1, 0.15) is 18.1 Å². The maximum atomic E-state index is 9.04. The standard InChI is InChI=1S/C18H18N2O.ClHO4/c1-18(12-14-8-4-3-5-9-14)15-10-6-7-11-16(15)20(2)17(18)13-19-21;2-1(3,4)5/h3-11,13H,12H2,1-2H3;(H,2,3,4,5). The van der Waals surface area contributed by atoms with E-state index in [-0.39, 0.29) is 5.41 Å². The van der Waals surface area contributed by atoms with Crippen molar-refractivity contribution in [3.05, 3.63) is 65.7 Å². The predicted molar refractivity (Wildman–Crippen MR) is 85.1 cm³/mol. The number of hydrogen-bond donors (Lipinski definition) is 1. The van der Waals surface area contributed by atoms with Gasteiger partial charge in [-0.05, 0) is 18.9 Å². The molecule has 0 spiro atoms. The minimum Gasteiger partial charge on any atom is -0.411 e. The molecule has 0 aliphatic carbocycles. The molecular weight excluding hydrogens is 360 g/mol. The Morgan fingerprint density at radius 3 is 2.15 bits per heavy atom. The maximum absolute atomic E-state index is 9.04. The summed E-state index contributed by atoms with van der Waals surface area (Å²) in [5, 5.41) is 12.3. The van der Waals surface area contributed by atoms with Gasteiger partial charge in [0.25, 0.3) is 0 Å². The van der Waals surface area contributed by atoms with Gasteiger partial charge in [-0.25, -0.2) is 18.6 Å². The average molecular weight is 379 g/mol. The highest BCUT2D eigenvalue weighted by Gasteiger charge is 2.46. The molecule has 3 rings (SSSR count). The zero-order valence-corrected chi connectivity index (χ0v) is 15.1. The van der Waals surface area contributed by atoms with Gasteiger partial charge < -0.3 is 5.21 Å². The molecule has 0 amide bonds. The van der Waals surface area contributed by atoms with Crippen molar-refractivity contribution < 1.29 is 38.7 Å². The van der Waals surface area contributed by atoms with Gasteiger partial charge in [-0.1, -0.05) is 53.7 Å². The van der Waals surface area contributed by atoms with Crippen molar-refractivity contribution in [2.45, 2.75) is 18.8 Å². The fraction of sp³-hybridized carbons (Fsp3) is 0.222. The lowest BCUT2D eigenvalue weighted by Gasteiger charge is -2.22. The first kappa shape index (κ1) is 20.0. The number of oxime groups is 1. The number of hydrogen-bond acceptors (Lipinski definition) is 6. The van der Waals surface area contributed by atoms with Gasteiger partial charge >= 0.3 is 0 Å². The highest BCUT2D eigenvalue weighted by Crippen LogP contribution is 2.40. The number of rotatable bonds is 3. The molecule has 26 heavy (non-hydrogen) atoms. The van der Waals surface area contributed by atoms with Crippen LogP contribution in [0, 0.1) is 10.2 Å². The van der Waals surface area contributed by atoms with Crippen molar-refractivity contribution in [3.8, 4) is 0 Å². The molecule has 2 aromatic carbocycles. The molecule has 0 saturated heterocycles.